The minimum atomic E-state index is -0.247. The molecule has 2 aliphatic rings. The molecule has 0 spiro atoms. The number of rotatable bonds is 0. The molecular formula is C17H11BrN2O2. The van der Waals surface area contributed by atoms with Crippen molar-refractivity contribution in [3.63, 3.8) is 0 Å². The highest BCUT2D eigenvalue weighted by atomic mass is 79.9. The van der Waals surface area contributed by atoms with Gasteiger partial charge in [-0.2, -0.15) is 0 Å². The number of nitrogens with one attached hydrogen (secondary N) is 2. The van der Waals surface area contributed by atoms with Crippen LogP contribution >= 0.6 is 15.9 Å². The van der Waals surface area contributed by atoms with Crippen molar-refractivity contribution in [2.45, 2.75) is 6.92 Å². The number of carbonyl (C=O) groups excluding carboxylic acids is 2. The monoisotopic (exact) mass is 354 g/mol. The molecule has 2 aromatic rings. The number of ketones is 1. The van der Waals surface area contributed by atoms with E-state index >= 15 is 0 Å². The maximum absolute atomic E-state index is 12.6. The molecule has 2 heterocycles. The molecule has 0 saturated carbocycles. The van der Waals surface area contributed by atoms with E-state index in [0.29, 0.717) is 16.8 Å². The third-order valence-electron chi connectivity index (χ3n) is 3.88. The smallest absolute Gasteiger partial charge is 0.258 e. The van der Waals surface area contributed by atoms with E-state index in [4.69, 9.17) is 0 Å². The summed E-state index contributed by atoms with van der Waals surface area (Å²) in [5, 5.41) is 5.92. The van der Waals surface area contributed by atoms with Crippen molar-refractivity contribution in [1.29, 1.82) is 0 Å². The van der Waals surface area contributed by atoms with Crippen LogP contribution in [-0.4, -0.2) is 11.7 Å². The molecule has 0 radical (unpaired) electrons. The SMILES string of the molecule is Cc1ccc2c(c1)NC(=O)/C2=C1\Nc2cc(Br)ccc2C1=O. The van der Waals surface area contributed by atoms with Crippen molar-refractivity contribution in [2.75, 3.05) is 10.6 Å². The van der Waals surface area contributed by atoms with Gasteiger partial charge in [0, 0.05) is 21.3 Å². The summed E-state index contributed by atoms with van der Waals surface area (Å²) in [4.78, 5) is 24.9. The Balaban J connectivity index is 1.91. The summed E-state index contributed by atoms with van der Waals surface area (Å²) in [7, 11) is 0. The van der Waals surface area contributed by atoms with Gasteiger partial charge in [-0.3, -0.25) is 9.59 Å². The topological polar surface area (TPSA) is 58.2 Å². The normalized spacial score (nSPS) is 18.8. The Kier molecular flexibility index (Phi) is 2.74. The molecule has 0 atom stereocenters. The third kappa shape index (κ3) is 1.82. The number of allylic oxidation sites excluding steroid dienone is 1. The lowest BCUT2D eigenvalue weighted by molar-refractivity contribution is -0.110. The molecule has 0 aromatic heterocycles. The predicted molar refractivity (Wildman–Crippen MR) is 88.8 cm³/mol. The summed E-state index contributed by atoms with van der Waals surface area (Å²) in [6.07, 6.45) is 0. The zero-order valence-electron chi connectivity index (χ0n) is 11.7. The highest BCUT2D eigenvalue weighted by Gasteiger charge is 2.34. The Hall–Kier alpha value is -2.40. The summed E-state index contributed by atoms with van der Waals surface area (Å²) in [6, 6.07) is 11.1. The van der Waals surface area contributed by atoms with Gasteiger partial charge in [0.2, 0.25) is 5.78 Å². The number of hydrogen-bond donors (Lipinski definition) is 2. The Bertz CT molecular complexity index is 900. The first kappa shape index (κ1) is 13.3. The first-order valence-corrected chi connectivity index (χ1v) is 7.62. The van der Waals surface area contributed by atoms with Crippen molar-refractivity contribution in [3.8, 4) is 0 Å². The lowest BCUT2D eigenvalue weighted by Gasteiger charge is -2.04. The molecule has 22 heavy (non-hydrogen) atoms. The van der Waals surface area contributed by atoms with E-state index in [0.717, 1.165) is 27.0 Å². The number of Topliss-reactive ketones (excluding diaryl/α,β-unsaturated/α-hetero) is 1. The Morgan fingerprint density at radius 3 is 2.45 bits per heavy atom. The first-order valence-electron chi connectivity index (χ1n) is 6.82. The van der Waals surface area contributed by atoms with E-state index in [1.165, 1.54) is 0 Å². The van der Waals surface area contributed by atoms with E-state index in [9.17, 15) is 9.59 Å². The molecule has 0 fully saturated rings. The van der Waals surface area contributed by atoms with Gasteiger partial charge in [-0.25, -0.2) is 0 Å². The van der Waals surface area contributed by atoms with Crippen LogP contribution in [0.2, 0.25) is 0 Å². The van der Waals surface area contributed by atoms with Gasteiger partial charge in [0.15, 0.2) is 0 Å². The fraction of sp³-hybridized carbons (Fsp3) is 0.0588. The van der Waals surface area contributed by atoms with Crippen molar-refractivity contribution in [1.82, 2.24) is 0 Å². The summed E-state index contributed by atoms with van der Waals surface area (Å²) in [5.41, 5.74) is 4.62. The maximum Gasteiger partial charge on any atom is 0.258 e. The Labute approximate surface area is 135 Å². The zero-order chi connectivity index (χ0) is 15.4. The zero-order valence-corrected chi connectivity index (χ0v) is 13.2. The molecule has 4 nitrogen and oxygen atoms in total. The predicted octanol–water partition coefficient (Wildman–Crippen LogP) is 3.73. The molecule has 2 aliphatic heterocycles. The van der Waals surface area contributed by atoms with E-state index < -0.39 is 0 Å². The Morgan fingerprint density at radius 1 is 0.909 bits per heavy atom. The summed E-state index contributed by atoms with van der Waals surface area (Å²) in [6.45, 7) is 1.96. The lowest BCUT2D eigenvalue weighted by Crippen LogP contribution is -2.11. The van der Waals surface area contributed by atoms with Crippen LogP contribution in [0.1, 0.15) is 21.5 Å². The van der Waals surface area contributed by atoms with Gasteiger partial charge in [-0.1, -0.05) is 28.1 Å². The molecular weight excluding hydrogens is 344 g/mol. The summed E-state index contributed by atoms with van der Waals surface area (Å²) < 4.78 is 0.879. The minimum absolute atomic E-state index is 0.152. The minimum Gasteiger partial charge on any atom is -0.351 e. The molecule has 2 aromatic carbocycles. The van der Waals surface area contributed by atoms with Crippen LogP contribution in [0.4, 0.5) is 11.4 Å². The molecule has 4 rings (SSSR count). The third-order valence-corrected chi connectivity index (χ3v) is 4.38. The fourth-order valence-electron chi connectivity index (χ4n) is 2.85. The average Bonchev–Trinajstić information content (AvgIpc) is 2.94. The van der Waals surface area contributed by atoms with Gasteiger partial charge in [-0.15, -0.1) is 0 Å². The van der Waals surface area contributed by atoms with Crippen LogP contribution in [0, 0.1) is 6.92 Å². The molecule has 0 unspecified atom stereocenters. The number of fused-ring (bicyclic) bond motifs is 2. The number of hydrogen-bond acceptors (Lipinski definition) is 3. The van der Waals surface area contributed by atoms with Gasteiger partial charge < -0.3 is 10.6 Å². The number of carbonyl (C=O) groups is 2. The highest BCUT2D eigenvalue weighted by Crippen LogP contribution is 2.39. The van der Waals surface area contributed by atoms with Crippen molar-refractivity contribution in [2.24, 2.45) is 0 Å². The first-order chi connectivity index (χ1) is 10.5. The van der Waals surface area contributed by atoms with E-state index in [-0.39, 0.29) is 11.7 Å². The molecule has 5 heteroatoms. The van der Waals surface area contributed by atoms with Gasteiger partial charge in [0.1, 0.15) is 5.70 Å². The molecule has 1 amide bonds. The van der Waals surface area contributed by atoms with Crippen LogP contribution in [0.25, 0.3) is 5.57 Å². The maximum atomic E-state index is 12.6. The van der Waals surface area contributed by atoms with Crippen molar-refractivity contribution in [3.05, 3.63) is 63.3 Å². The van der Waals surface area contributed by atoms with E-state index in [2.05, 4.69) is 26.6 Å². The summed E-state index contributed by atoms with van der Waals surface area (Å²) in [5.74, 6) is -0.399. The van der Waals surface area contributed by atoms with Crippen molar-refractivity contribution < 1.29 is 9.59 Å². The van der Waals surface area contributed by atoms with E-state index in [1.54, 1.807) is 6.07 Å². The molecule has 0 aliphatic carbocycles. The second-order valence-electron chi connectivity index (χ2n) is 5.40. The lowest BCUT2D eigenvalue weighted by atomic mass is 10.0. The average molecular weight is 355 g/mol. The summed E-state index contributed by atoms with van der Waals surface area (Å²) >= 11 is 3.39. The van der Waals surface area contributed by atoms with Crippen LogP contribution in [-0.2, 0) is 4.79 Å². The number of aryl methyl sites for hydroxylation is 1. The van der Waals surface area contributed by atoms with Gasteiger partial charge >= 0.3 is 0 Å². The largest absolute Gasteiger partial charge is 0.351 e. The number of halogens is 1. The quantitative estimate of drug-likeness (QED) is 0.708. The highest BCUT2D eigenvalue weighted by molar-refractivity contribution is 9.10. The molecule has 0 saturated heterocycles. The van der Waals surface area contributed by atoms with Gasteiger partial charge in [-0.05, 0) is 36.8 Å². The molecule has 108 valence electrons. The van der Waals surface area contributed by atoms with E-state index in [1.807, 2.05) is 37.3 Å². The van der Waals surface area contributed by atoms with Gasteiger partial charge in [0.05, 0.1) is 11.3 Å². The van der Waals surface area contributed by atoms with Crippen LogP contribution in [0.5, 0.6) is 0 Å². The molecule has 2 N–H and O–H groups in total. The number of anilines is 2. The van der Waals surface area contributed by atoms with Gasteiger partial charge in [0.25, 0.3) is 5.91 Å². The fourth-order valence-corrected chi connectivity index (χ4v) is 3.22. The molecule has 0 bridgehead atoms. The van der Waals surface area contributed by atoms with Crippen LogP contribution in [0.15, 0.2) is 46.6 Å². The van der Waals surface area contributed by atoms with Crippen molar-refractivity contribution >= 4 is 44.6 Å². The van der Waals surface area contributed by atoms with Crippen LogP contribution in [0.3, 0.4) is 0 Å². The number of amides is 1. The standard InChI is InChI=1S/C17H11BrN2O2/c1-8-2-4-10-12(6-8)20-17(22)14(10)15-16(21)11-5-3-9(18)7-13(11)19-15/h2-7,19H,1H3,(H,20,22)/b15-14-. The second kappa shape index (κ2) is 4.55. The Morgan fingerprint density at radius 2 is 1.64 bits per heavy atom. The second-order valence-corrected chi connectivity index (χ2v) is 6.31. The number of benzene rings is 2. The van der Waals surface area contributed by atoms with Crippen LogP contribution < -0.4 is 10.6 Å².